The van der Waals surface area contributed by atoms with Crippen molar-refractivity contribution in [2.45, 2.75) is 58.5 Å². The molecule has 0 N–H and O–H groups in total. The van der Waals surface area contributed by atoms with Gasteiger partial charge in [0, 0.05) is 24.8 Å². The van der Waals surface area contributed by atoms with E-state index in [9.17, 15) is 0 Å². The molecule has 0 fully saturated rings. The second kappa shape index (κ2) is 10.8. The zero-order chi connectivity index (χ0) is 16.2. The van der Waals surface area contributed by atoms with E-state index in [1.807, 2.05) is 12.1 Å². The van der Waals surface area contributed by atoms with Crippen LogP contribution in [0.25, 0.3) is 0 Å². The molecule has 0 amide bonds. The summed E-state index contributed by atoms with van der Waals surface area (Å²) in [4.78, 5) is 19.7. The minimum absolute atomic E-state index is 0.744. The molecule has 2 aromatic heterocycles. The second-order valence-corrected chi connectivity index (χ2v) is 5.81. The molecule has 0 spiro atoms. The largest absolute Gasteiger partial charge is 0.288 e. The maximum absolute atomic E-state index is 4.34. The summed E-state index contributed by atoms with van der Waals surface area (Å²) in [5, 5.41) is 0. The number of rotatable bonds is 11. The minimum Gasteiger partial charge on any atom is -0.288 e. The highest BCUT2D eigenvalue weighted by Gasteiger charge is 2.10. The van der Waals surface area contributed by atoms with E-state index in [2.05, 4.69) is 31.8 Å². The van der Waals surface area contributed by atoms with Gasteiger partial charge in [0.2, 0.25) is 0 Å². The van der Waals surface area contributed by atoms with E-state index in [4.69, 9.17) is 0 Å². The van der Waals surface area contributed by atoms with E-state index in [1.165, 1.54) is 38.5 Å². The molecule has 0 unspecified atom stereocenters. The molecule has 0 bridgehead atoms. The van der Waals surface area contributed by atoms with Crippen molar-refractivity contribution in [2.75, 3.05) is 6.54 Å². The highest BCUT2D eigenvalue weighted by molar-refractivity contribution is 4.92. The summed E-state index contributed by atoms with van der Waals surface area (Å²) in [7, 11) is 0. The van der Waals surface area contributed by atoms with Gasteiger partial charge in [-0.15, -0.1) is 0 Å². The smallest absolute Gasteiger partial charge is 0.142 e. The van der Waals surface area contributed by atoms with Crippen molar-refractivity contribution in [3.63, 3.8) is 0 Å². The minimum atomic E-state index is 0.744. The highest BCUT2D eigenvalue weighted by Crippen LogP contribution is 2.09. The topological polar surface area (TPSA) is 54.8 Å². The predicted octanol–water partition coefficient (Wildman–Crippen LogP) is 3.63. The van der Waals surface area contributed by atoms with E-state index >= 15 is 0 Å². The normalized spacial score (nSPS) is 11.0. The number of unbranched alkanes of at least 4 members (excludes halogenated alkanes) is 5. The third-order valence-corrected chi connectivity index (χ3v) is 3.80. The summed E-state index contributed by atoms with van der Waals surface area (Å²) in [6, 6.07) is 3.70. The first-order valence-electron chi connectivity index (χ1n) is 8.62. The maximum Gasteiger partial charge on any atom is 0.142 e. The van der Waals surface area contributed by atoms with Crippen molar-refractivity contribution in [1.82, 2.24) is 24.8 Å². The van der Waals surface area contributed by atoms with Gasteiger partial charge in [0.15, 0.2) is 0 Å². The zero-order valence-corrected chi connectivity index (χ0v) is 14.1. The van der Waals surface area contributed by atoms with Crippen LogP contribution < -0.4 is 0 Å². The predicted molar refractivity (Wildman–Crippen MR) is 91.6 cm³/mol. The van der Waals surface area contributed by atoms with Crippen LogP contribution in [-0.2, 0) is 13.1 Å². The van der Waals surface area contributed by atoms with Crippen molar-refractivity contribution in [3.05, 3.63) is 48.6 Å². The second-order valence-electron chi connectivity index (χ2n) is 5.81. The molecule has 0 aliphatic heterocycles. The standard InChI is InChI=1S/C18H27N5/c1-2-3-4-5-6-7-14-23(15-17-19-10-8-11-20-17)16-18-21-12-9-13-22-18/h8-13H,2-7,14-16H2,1H3. The van der Waals surface area contributed by atoms with Crippen LogP contribution in [0.3, 0.4) is 0 Å². The fourth-order valence-corrected chi connectivity index (χ4v) is 2.55. The van der Waals surface area contributed by atoms with E-state index in [0.717, 1.165) is 31.3 Å². The molecule has 2 rings (SSSR count). The van der Waals surface area contributed by atoms with Gasteiger partial charge in [-0.1, -0.05) is 39.0 Å². The lowest BCUT2D eigenvalue weighted by Crippen LogP contribution is -2.26. The number of aromatic nitrogens is 4. The third-order valence-electron chi connectivity index (χ3n) is 3.80. The molecule has 0 saturated heterocycles. The molecule has 0 atom stereocenters. The molecular formula is C18H27N5. The fraction of sp³-hybridized carbons (Fsp3) is 0.556. The van der Waals surface area contributed by atoms with Gasteiger partial charge in [0.1, 0.15) is 11.6 Å². The molecule has 2 aromatic rings. The lowest BCUT2D eigenvalue weighted by molar-refractivity contribution is 0.238. The molecule has 5 nitrogen and oxygen atoms in total. The van der Waals surface area contributed by atoms with Crippen LogP contribution in [0.4, 0.5) is 0 Å². The van der Waals surface area contributed by atoms with Crippen LogP contribution >= 0.6 is 0 Å². The molecule has 0 aromatic carbocycles. The average Bonchev–Trinajstić information content (AvgIpc) is 2.60. The Morgan fingerprint density at radius 3 is 1.70 bits per heavy atom. The summed E-state index contributed by atoms with van der Waals surface area (Å²) in [5.41, 5.74) is 0. The fourth-order valence-electron chi connectivity index (χ4n) is 2.55. The molecule has 0 aliphatic carbocycles. The average molecular weight is 313 g/mol. The van der Waals surface area contributed by atoms with Crippen LogP contribution in [0.5, 0.6) is 0 Å². The Morgan fingerprint density at radius 1 is 0.696 bits per heavy atom. The zero-order valence-electron chi connectivity index (χ0n) is 14.1. The van der Waals surface area contributed by atoms with Crippen molar-refractivity contribution in [3.8, 4) is 0 Å². The van der Waals surface area contributed by atoms with E-state index in [0.29, 0.717) is 0 Å². The number of hydrogen-bond acceptors (Lipinski definition) is 5. The Hall–Kier alpha value is -1.88. The van der Waals surface area contributed by atoms with Gasteiger partial charge in [-0.25, -0.2) is 19.9 Å². The van der Waals surface area contributed by atoms with Crippen LogP contribution in [0.1, 0.15) is 57.1 Å². The van der Waals surface area contributed by atoms with Gasteiger partial charge < -0.3 is 0 Å². The molecule has 124 valence electrons. The Kier molecular flexibility index (Phi) is 8.19. The highest BCUT2D eigenvalue weighted by atomic mass is 15.2. The van der Waals surface area contributed by atoms with E-state index in [1.54, 1.807) is 24.8 Å². The monoisotopic (exact) mass is 313 g/mol. The van der Waals surface area contributed by atoms with E-state index in [-0.39, 0.29) is 0 Å². The SMILES string of the molecule is CCCCCCCCN(Cc1ncccn1)Cc1ncccn1. The first-order valence-corrected chi connectivity index (χ1v) is 8.62. The lowest BCUT2D eigenvalue weighted by atomic mass is 10.1. The molecule has 5 heteroatoms. The number of hydrogen-bond donors (Lipinski definition) is 0. The van der Waals surface area contributed by atoms with Gasteiger partial charge >= 0.3 is 0 Å². The summed E-state index contributed by atoms with van der Waals surface area (Å²) in [6.45, 7) is 4.77. The van der Waals surface area contributed by atoms with Gasteiger partial charge in [-0.2, -0.15) is 0 Å². The van der Waals surface area contributed by atoms with Crippen molar-refractivity contribution < 1.29 is 0 Å². The van der Waals surface area contributed by atoms with Gasteiger partial charge in [-0.05, 0) is 25.1 Å². The van der Waals surface area contributed by atoms with Crippen LogP contribution in [0.2, 0.25) is 0 Å². The first kappa shape index (κ1) is 17.5. The maximum atomic E-state index is 4.34. The lowest BCUT2D eigenvalue weighted by Gasteiger charge is -2.20. The van der Waals surface area contributed by atoms with Crippen LogP contribution in [-0.4, -0.2) is 31.4 Å². The Morgan fingerprint density at radius 2 is 1.17 bits per heavy atom. The molecule has 23 heavy (non-hydrogen) atoms. The van der Waals surface area contributed by atoms with Gasteiger partial charge in [-0.3, -0.25) is 4.90 Å². The van der Waals surface area contributed by atoms with Gasteiger partial charge in [0.25, 0.3) is 0 Å². The van der Waals surface area contributed by atoms with Crippen LogP contribution in [0, 0.1) is 0 Å². The Bertz CT molecular complexity index is 476. The molecule has 0 saturated carbocycles. The summed E-state index contributed by atoms with van der Waals surface area (Å²) in [6.07, 6.45) is 15.0. The van der Waals surface area contributed by atoms with Crippen molar-refractivity contribution in [1.29, 1.82) is 0 Å². The molecular weight excluding hydrogens is 286 g/mol. The van der Waals surface area contributed by atoms with Crippen molar-refractivity contribution in [2.24, 2.45) is 0 Å². The summed E-state index contributed by atoms with van der Waals surface area (Å²) < 4.78 is 0. The quantitative estimate of drug-likeness (QED) is 0.593. The van der Waals surface area contributed by atoms with Gasteiger partial charge in [0.05, 0.1) is 13.1 Å². The van der Waals surface area contributed by atoms with E-state index < -0.39 is 0 Å². The van der Waals surface area contributed by atoms with Crippen molar-refractivity contribution >= 4 is 0 Å². The molecule has 0 aliphatic rings. The number of nitrogens with zero attached hydrogens (tertiary/aromatic N) is 5. The molecule has 2 heterocycles. The summed E-state index contributed by atoms with van der Waals surface area (Å²) in [5.74, 6) is 1.71. The Balaban J connectivity index is 1.83. The first-order chi connectivity index (χ1) is 11.4. The Labute approximate surface area is 139 Å². The molecule has 0 radical (unpaired) electrons. The summed E-state index contributed by atoms with van der Waals surface area (Å²) >= 11 is 0. The third kappa shape index (κ3) is 7.28. The van der Waals surface area contributed by atoms with Crippen LogP contribution in [0.15, 0.2) is 36.9 Å².